The van der Waals surface area contributed by atoms with Crippen molar-refractivity contribution in [3.05, 3.63) is 34.7 Å². The minimum Gasteiger partial charge on any atom is -0.466 e. The summed E-state index contributed by atoms with van der Waals surface area (Å²) in [5, 5.41) is 0. The molecule has 1 aromatic carbocycles. The number of para-hydroxylation sites is 1. The average molecular weight is 447 g/mol. The van der Waals surface area contributed by atoms with Crippen molar-refractivity contribution in [1.29, 1.82) is 0 Å². The highest BCUT2D eigenvalue weighted by atomic mass is 32.2. The fourth-order valence-corrected chi connectivity index (χ4v) is 4.98. The van der Waals surface area contributed by atoms with Crippen LogP contribution in [0.4, 0.5) is 5.69 Å². The average Bonchev–Trinajstić information content (AvgIpc) is 3.16. The molecule has 0 spiro atoms. The first kappa shape index (κ1) is 22.5. The van der Waals surface area contributed by atoms with E-state index in [0.717, 1.165) is 48.7 Å². The summed E-state index contributed by atoms with van der Waals surface area (Å²) in [6.45, 7) is 4.96. The van der Waals surface area contributed by atoms with Crippen LogP contribution in [-0.4, -0.2) is 46.7 Å². The second-order valence-electron chi connectivity index (χ2n) is 7.12. The Morgan fingerprint density at radius 1 is 1.03 bits per heavy atom. The number of fused-ring (bicyclic) bond motifs is 1. The lowest BCUT2D eigenvalue weighted by Crippen LogP contribution is -2.31. The van der Waals surface area contributed by atoms with Crippen LogP contribution in [0.2, 0.25) is 0 Å². The molecule has 0 unspecified atom stereocenters. The van der Waals surface area contributed by atoms with Crippen LogP contribution in [0.3, 0.4) is 0 Å². The molecule has 3 rings (SSSR count). The molecule has 0 aliphatic carbocycles. The Morgan fingerprint density at radius 2 is 1.80 bits per heavy atom. The largest absolute Gasteiger partial charge is 0.466 e. The molecule has 0 N–H and O–H groups in total. The van der Waals surface area contributed by atoms with Crippen LogP contribution < -0.4 is 4.90 Å². The van der Waals surface area contributed by atoms with Gasteiger partial charge in [-0.15, -0.1) is 0 Å². The Hall–Kier alpha value is -2.19. The lowest BCUT2D eigenvalue weighted by molar-refractivity contribution is -0.143. The number of hydrogen-bond acceptors (Lipinski definition) is 6. The van der Waals surface area contributed by atoms with Gasteiger partial charge in [-0.3, -0.25) is 19.3 Å². The van der Waals surface area contributed by atoms with E-state index in [1.807, 2.05) is 24.3 Å². The number of thiocarbonyl (C=S) groups is 1. The molecule has 0 aromatic heterocycles. The van der Waals surface area contributed by atoms with Crippen LogP contribution in [0.25, 0.3) is 5.57 Å². The smallest absolute Gasteiger partial charge is 0.307 e. The lowest BCUT2D eigenvalue weighted by Gasteiger charge is -2.17. The van der Waals surface area contributed by atoms with Crippen molar-refractivity contribution in [2.24, 2.45) is 0 Å². The monoisotopic (exact) mass is 446 g/mol. The van der Waals surface area contributed by atoms with Crippen molar-refractivity contribution in [2.75, 3.05) is 24.6 Å². The van der Waals surface area contributed by atoms with Gasteiger partial charge in [0.15, 0.2) is 0 Å². The summed E-state index contributed by atoms with van der Waals surface area (Å²) in [6, 6.07) is 7.56. The summed E-state index contributed by atoms with van der Waals surface area (Å²) in [6.07, 6.45) is 4.31. The quantitative estimate of drug-likeness (QED) is 0.246. The molecule has 0 atom stereocenters. The Balaban J connectivity index is 1.84. The number of benzene rings is 1. The van der Waals surface area contributed by atoms with Crippen molar-refractivity contribution in [2.45, 2.75) is 46.0 Å². The number of carbonyl (C=O) groups is 3. The zero-order valence-electron chi connectivity index (χ0n) is 17.3. The van der Waals surface area contributed by atoms with E-state index in [1.54, 1.807) is 11.8 Å². The fourth-order valence-electron chi connectivity index (χ4n) is 3.60. The van der Waals surface area contributed by atoms with E-state index in [9.17, 15) is 14.4 Å². The molecule has 2 amide bonds. The third-order valence-corrected chi connectivity index (χ3v) is 6.53. The fraction of sp³-hybridized carbons (Fsp3) is 0.455. The van der Waals surface area contributed by atoms with Crippen LogP contribution in [0.1, 0.15) is 51.5 Å². The van der Waals surface area contributed by atoms with Gasteiger partial charge in [0, 0.05) is 18.7 Å². The Bertz CT molecular complexity index is 897. The van der Waals surface area contributed by atoms with Crippen LogP contribution in [0.15, 0.2) is 29.2 Å². The molecule has 160 valence electrons. The molecule has 0 radical (unpaired) electrons. The maximum absolute atomic E-state index is 13.3. The highest BCUT2D eigenvalue weighted by molar-refractivity contribution is 8.26. The highest BCUT2D eigenvalue weighted by Gasteiger charge is 2.41. The van der Waals surface area contributed by atoms with Gasteiger partial charge in [0.25, 0.3) is 11.8 Å². The van der Waals surface area contributed by atoms with Crippen LogP contribution in [-0.2, 0) is 19.1 Å². The first-order valence-electron chi connectivity index (χ1n) is 10.3. The molecule has 0 saturated carbocycles. The van der Waals surface area contributed by atoms with E-state index >= 15 is 0 Å². The molecule has 0 bridgehead atoms. The summed E-state index contributed by atoms with van der Waals surface area (Å²) in [7, 11) is 0. The van der Waals surface area contributed by atoms with Gasteiger partial charge >= 0.3 is 5.97 Å². The van der Waals surface area contributed by atoms with Gasteiger partial charge in [-0.25, -0.2) is 0 Å². The summed E-state index contributed by atoms with van der Waals surface area (Å²) in [4.78, 5) is 41.5. The molecular weight excluding hydrogens is 420 g/mol. The minimum absolute atomic E-state index is 0.0664. The number of unbranched alkanes of at least 4 members (excludes halogenated alkanes) is 3. The van der Waals surface area contributed by atoms with Gasteiger partial charge in [-0.05, 0) is 19.4 Å². The van der Waals surface area contributed by atoms with Gasteiger partial charge in [0.2, 0.25) is 0 Å². The Kier molecular flexibility index (Phi) is 7.66. The number of hydrogen-bond donors (Lipinski definition) is 0. The highest BCUT2D eigenvalue weighted by Crippen LogP contribution is 2.44. The predicted molar refractivity (Wildman–Crippen MR) is 123 cm³/mol. The first-order chi connectivity index (χ1) is 14.5. The summed E-state index contributed by atoms with van der Waals surface area (Å²) in [5.74, 6) is -0.848. The molecule has 6 nitrogen and oxygen atoms in total. The van der Waals surface area contributed by atoms with Crippen LogP contribution >= 0.6 is 24.0 Å². The number of amides is 2. The molecule has 1 aromatic rings. The maximum Gasteiger partial charge on any atom is 0.307 e. The zero-order valence-corrected chi connectivity index (χ0v) is 18.9. The summed E-state index contributed by atoms with van der Waals surface area (Å²) in [5.41, 5.74) is 2.02. The number of rotatable bonds is 9. The molecular formula is C22H26N2O4S2. The standard InChI is InChI=1S/C22H26N2O4S2/c1-3-5-6-9-13-23-16-11-8-7-10-15(16)18(20(23)26)19-21(27)24(22(29)30-19)14-12-17(25)28-4-2/h7-8,10-11H,3-6,9,12-14H2,1-2H3/b19-18-. The van der Waals surface area contributed by atoms with Crippen LogP contribution in [0.5, 0.6) is 0 Å². The van der Waals surface area contributed by atoms with E-state index in [0.29, 0.717) is 28.0 Å². The second kappa shape index (κ2) is 10.2. The van der Waals surface area contributed by atoms with Crippen molar-refractivity contribution in [3.63, 3.8) is 0 Å². The van der Waals surface area contributed by atoms with Gasteiger partial charge in [0.1, 0.15) is 4.32 Å². The Morgan fingerprint density at radius 3 is 2.53 bits per heavy atom. The molecule has 30 heavy (non-hydrogen) atoms. The number of nitrogens with zero attached hydrogens (tertiary/aromatic N) is 2. The maximum atomic E-state index is 13.3. The van der Waals surface area contributed by atoms with Crippen molar-refractivity contribution >= 4 is 57.3 Å². The number of carbonyl (C=O) groups excluding carboxylic acids is 3. The lowest BCUT2D eigenvalue weighted by atomic mass is 10.1. The van der Waals surface area contributed by atoms with Crippen molar-refractivity contribution in [1.82, 2.24) is 4.90 Å². The number of ether oxygens (including phenoxy) is 1. The molecule has 1 saturated heterocycles. The van der Waals surface area contributed by atoms with Gasteiger partial charge < -0.3 is 9.64 Å². The second-order valence-corrected chi connectivity index (χ2v) is 8.76. The molecule has 8 heteroatoms. The van der Waals surface area contributed by atoms with Gasteiger partial charge in [-0.2, -0.15) is 0 Å². The Labute approximate surface area is 186 Å². The first-order valence-corrected chi connectivity index (χ1v) is 11.6. The number of esters is 1. The summed E-state index contributed by atoms with van der Waals surface area (Å²) >= 11 is 6.50. The van der Waals surface area contributed by atoms with E-state index in [4.69, 9.17) is 17.0 Å². The summed E-state index contributed by atoms with van der Waals surface area (Å²) < 4.78 is 5.29. The van der Waals surface area contributed by atoms with Gasteiger partial charge in [-0.1, -0.05) is 68.4 Å². The SMILES string of the molecule is CCCCCCN1C(=O)/C(=C2\SC(=S)N(CCC(=O)OCC)C2=O)c2ccccc21. The van der Waals surface area contributed by atoms with E-state index in [2.05, 4.69) is 6.92 Å². The van der Waals surface area contributed by atoms with E-state index in [1.165, 1.54) is 4.90 Å². The zero-order chi connectivity index (χ0) is 21.7. The predicted octanol–water partition coefficient (Wildman–Crippen LogP) is 4.14. The topological polar surface area (TPSA) is 66.9 Å². The minimum atomic E-state index is -0.375. The van der Waals surface area contributed by atoms with Crippen molar-refractivity contribution in [3.8, 4) is 0 Å². The third-order valence-electron chi connectivity index (χ3n) is 5.08. The van der Waals surface area contributed by atoms with E-state index < -0.39 is 0 Å². The van der Waals surface area contributed by atoms with Crippen molar-refractivity contribution < 1.29 is 19.1 Å². The normalized spacial score (nSPS) is 18.4. The van der Waals surface area contributed by atoms with Gasteiger partial charge in [0.05, 0.1) is 29.2 Å². The number of anilines is 1. The number of thioether (sulfide) groups is 1. The van der Waals surface area contributed by atoms with Crippen LogP contribution in [0, 0.1) is 0 Å². The molecule has 1 fully saturated rings. The van der Waals surface area contributed by atoms with E-state index in [-0.39, 0.29) is 30.7 Å². The third kappa shape index (κ3) is 4.59. The molecule has 2 aliphatic heterocycles. The molecule has 2 aliphatic rings. The molecule has 2 heterocycles.